The predicted molar refractivity (Wildman–Crippen MR) is 115 cm³/mol. The molecule has 3 N–H and O–H groups in total. The lowest BCUT2D eigenvalue weighted by atomic mass is 10.1. The largest absolute Gasteiger partial charge is 0.321 e. The molecule has 0 saturated carbocycles. The molecule has 1 amide bonds. The number of aromatic nitrogens is 4. The number of nitrogens with one attached hydrogen (secondary N) is 3. The van der Waals surface area contributed by atoms with Crippen molar-refractivity contribution in [3.05, 3.63) is 84.3 Å². The molecule has 2 heterocycles. The summed E-state index contributed by atoms with van der Waals surface area (Å²) in [5.41, 5.74) is 3.71. The lowest BCUT2D eigenvalue weighted by Gasteiger charge is -2.07. The van der Waals surface area contributed by atoms with Crippen LogP contribution in [0.15, 0.2) is 78.0 Å². The Morgan fingerprint density at radius 2 is 1.69 bits per heavy atom. The highest BCUT2D eigenvalue weighted by Gasteiger charge is 2.17. The van der Waals surface area contributed by atoms with Crippen LogP contribution in [0.5, 0.6) is 0 Å². The van der Waals surface area contributed by atoms with Crippen LogP contribution in [-0.2, 0) is 0 Å². The molecule has 7 nitrogen and oxygen atoms in total. The standard InChI is InChI=1S/C21H18N6OS/c1-14-18(15-6-3-2-4-7-15)25-26-19(14)20(28)24-16-8-10-17(11-9-16)29-27-21-22-12-5-13-23-21/h2-13H,1H3,(H,24,28)(H,25,26)(H,22,23,27). The third kappa shape index (κ3) is 4.44. The number of carbonyl (C=O) groups excluding carboxylic acids is 1. The molecular weight excluding hydrogens is 384 g/mol. The van der Waals surface area contributed by atoms with Crippen LogP contribution < -0.4 is 10.0 Å². The second-order valence-electron chi connectivity index (χ2n) is 6.19. The van der Waals surface area contributed by atoms with Crippen molar-refractivity contribution < 1.29 is 4.79 Å². The van der Waals surface area contributed by atoms with E-state index < -0.39 is 0 Å². The van der Waals surface area contributed by atoms with Gasteiger partial charge in [0.05, 0.1) is 5.69 Å². The maximum atomic E-state index is 12.7. The maximum Gasteiger partial charge on any atom is 0.273 e. The average Bonchev–Trinajstić information content (AvgIpc) is 3.16. The van der Waals surface area contributed by atoms with Crippen LogP contribution in [0.25, 0.3) is 11.3 Å². The first-order valence-electron chi connectivity index (χ1n) is 8.92. The Bertz CT molecular complexity index is 1100. The van der Waals surface area contributed by atoms with Crippen LogP contribution in [0.3, 0.4) is 0 Å². The number of anilines is 2. The molecule has 0 aliphatic heterocycles. The summed E-state index contributed by atoms with van der Waals surface area (Å²) in [7, 11) is 0. The molecule has 0 radical (unpaired) electrons. The zero-order chi connectivity index (χ0) is 20.1. The molecule has 0 fully saturated rings. The van der Waals surface area contributed by atoms with E-state index in [1.54, 1.807) is 18.5 Å². The number of hydrogen-bond acceptors (Lipinski definition) is 6. The summed E-state index contributed by atoms with van der Waals surface area (Å²) in [6.45, 7) is 1.89. The van der Waals surface area contributed by atoms with Crippen molar-refractivity contribution in [2.24, 2.45) is 0 Å². The summed E-state index contributed by atoms with van der Waals surface area (Å²) in [6, 6.07) is 19.0. The predicted octanol–water partition coefficient (Wildman–Crippen LogP) is 4.55. The number of amides is 1. The molecule has 0 aliphatic rings. The molecule has 4 rings (SSSR count). The summed E-state index contributed by atoms with van der Waals surface area (Å²) in [6.07, 6.45) is 3.35. The third-order valence-corrected chi connectivity index (χ3v) is 5.01. The zero-order valence-electron chi connectivity index (χ0n) is 15.6. The van der Waals surface area contributed by atoms with Crippen molar-refractivity contribution in [3.8, 4) is 11.3 Å². The van der Waals surface area contributed by atoms with E-state index in [4.69, 9.17) is 0 Å². The minimum Gasteiger partial charge on any atom is -0.321 e. The summed E-state index contributed by atoms with van der Waals surface area (Å²) in [4.78, 5) is 21.8. The summed E-state index contributed by atoms with van der Waals surface area (Å²) in [5.74, 6) is 0.312. The number of nitrogens with zero attached hydrogens (tertiary/aromatic N) is 3. The van der Waals surface area contributed by atoms with Crippen LogP contribution in [-0.4, -0.2) is 26.1 Å². The number of H-pyrrole nitrogens is 1. The summed E-state index contributed by atoms with van der Waals surface area (Å²) >= 11 is 1.40. The van der Waals surface area contributed by atoms with E-state index in [0.29, 0.717) is 17.3 Å². The monoisotopic (exact) mass is 402 g/mol. The van der Waals surface area contributed by atoms with E-state index in [-0.39, 0.29) is 5.91 Å². The fourth-order valence-corrected chi connectivity index (χ4v) is 3.34. The number of benzene rings is 2. The fraction of sp³-hybridized carbons (Fsp3) is 0.0476. The van der Waals surface area contributed by atoms with Crippen LogP contribution in [0.1, 0.15) is 16.1 Å². The second kappa shape index (κ2) is 8.57. The van der Waals surface area contributed by atoms with E-state index in [1.165, 1.54) is 11.9 Å². The van der Waals surface area contributed by atoms with Gasteiger partial charge in [-0.05, 0) is 49.2 Å². The van der Waals surface area contributed by atoms with Crippen molar-refractivity contribution in [2.75, 3.05) is 10.0 Å². The van der Waals surface area contributed by atoms with Gasteiger partial charge in [0.25, 0.3) is 5.91 Å². The summed E-state index contributed by atoms with van der Waals surface area (Å²) < 4.78 is 3.07. The number of aromatic amines is 1. The average molecular weight is 402 g/mol. The SMILES string of the molecule is Cc1c(-c2ccccc2)n[nH]c1C(=O)Nc1ccc(SNc2ncccn2)cc1. The van der Waals surface area contributed by atoms with Gasteiger partial charge in [-0.1, -0.05) is 30.3 Å². The molecule has 0 bridgehead atoms. The van der Waals surface area contributed by atoms with Crippen LogP contribution in [0.4, 0.5) is 11.6 Å². The molecule has 2 aromatic heterocycles. The molecule has 29 heavy (non-hydrogen) atoms. The minimum atomic E-state index is -0.228. The van der Waals surface area contributed by atoms with Crippen molar-refractivity contribution in [3.63, 3.8) is 0 Å². The Morgan fingerprint density at radius 1 is 0.966 bits per heavy atom. The van der Waals surface area contributed by atoms with E-state index >= 15 is 0 Å². The molecule has 0 saturated heterocycles. The molecule has 0 unspecified atom stereocenters. The highest BCUT2D eigenvalue weighted by Crippen LogP contribution is 2.24. The van der Waals surface area contributed by atoms with Gasteiger partial charge in [-0.25, -0.2) is 9.97 Å². The van der Waals surface area contributed by atoms with Gasteiger partial charge in [-0.3, -0.25) is 14.6 Å². The highest BCUT2D eigenvalue weighted by molar-refractivity contribution is 8.00. The second-order valence-corrected chi connectivity index (χ2v) is 7.07. The Labute approximate surface area is 172 Å². The van der Waals surface area contributed by atoms with Gasteiger partial charge in [0.2, 0.25) is 5.95 Å². The molecule has 0 atom stereocenters. The fourth-order valence-electron chi connectivity index (χ4n) is 2.75. The molecule has 144 valence electrons. The van der Waals surface area contributed by atoms with Gasteiger partial charge in [-0.2, -0.15) is 5.10 Å². The van der Waals surface area contributed by atoms with E-state index in [0.717, 1.165) is 21.7 Å². The van der Waals surface area contributed by atoms with E-state index in [1.807, 2.05) is 61.5 Å². The Morgan fingerprint density at radius 3 is 2.41 bits per heavy atom. The highest BCUT2D eigenvalue weighted by atomic mass is 32.2. The third-order valence-electron chi connectivity index (χ3n) is 4.22. The van der Waals surface area contributed by atoms with Gasteiger partial charge in [-0.15, -0.1) is 0 Å². The van der Waals surface area contributed by atoms with E-state index in [2.05, 4.69) is 30.2 Å². The number of hydrogen-bond donors (Lipinski definition) is 3. The van der Waals surface area contributed by atoms with Crippen molar-refractivity contribution in [1.82, 2.24) is 20.2 Å². The molecular formula is C21H18N6OS. The molecule has 2 aromatic carbocycles. The number of carbonyl (C=O) groups is 1. The van der Waals surface area contributed by atoms with E-state index in [9.17, 15) is 4.79 Å². The van der Waals surface area contributed by atoms with Gasteiger partial charge in [0.1, 0.15) is 5.69 Å². The Hall–Kier alpha value is -3.65. The topological polar surface area (TPSA) is 95.6 Å². The van der Waals surface area contributed by atoms with Gasteiger partial charge < -0.3 is 5.32 Å². The Balaban J connectivity index is 1.40. The normalized spacial score (nSPS) is 10.5. The molecule has 8 heteroatoms. The van der Waals surface area contributed by atoms with Crippen LogP contribution >= 0.6 is 11.9 Å². The van der Waals surface area contributed by atoms with Gasteiger partial charge in [0.15, 0.2) is 0 Å². The van der Waals surface area contributed by atoms with Crippen molar-refractivity contribution >= 4 is 29.5 Å². The lowest BCUT2D eigenvalue weighted by molar-refractivity contribution is 0.102. The van der Waals surface area contributed by atoms with Crippen molar-refractivity contribution in [1.29, 1.82) is 0 Å². The van der Waals surface area contributed by atoms with Crippen LogP contribution in [0.2, 0.25) is 0 Å². The molecule has 0 spiro atoms. The summed E-state index contributed by atoms with van der Waals surface area (Å²) in [5, 5.41) is 10.1. The van der Waals surface area contributed by atoms with Gasteiger partial charge >= 0.3 is 0 Å². The maximum absolute atomic E-state index is 12.7. The first kappa shape index (κ1) is 18.7. The quantitative estimate of drug-likeness (QED) is 0.410. The smallest absolute Gasteiger partial charge is 0.273 e. The first-order valence-corrected chi connectivity index (χ1v) is 9.74. The van der Waals surface area contributed by atoms with Crippen LogP contribution in [0, 0.1) is 6.92 Å². The van der Waals surface area contributed by atoms with Crippen molar-refractivity contribution in [2.45, 2.75) is 11.8 Å². The number of rotatable bonds is 6. The first-order chi connectivity index (χ1) is 14.2. The minimum absolute atomic E-state index is 0.228. The Kier molecular flexibility index (Phi) is 5.53. The molecule has 4 aromatic rings. The zero-order valence-corrected chi connectivity index (χ0v) is 16.4. The van der Waals surface area contributed by atoms with Gasteiger partial charge in [0, 0.05) is 34.1 Å². The molecule has 0 aliphatic carbocycles. The lowest BCUT2D eigenvalue weighted by Crippen LogP contribution is -2.13.